The number of rotatable bonds is 3. The second-order valence-corrected chi connectivity index (χ2v) is 4.47. The SMILES string of the molecule is CC(C)CC1C(N)=NC(=O)N1C(C)C. The van der Waals surface area contributed by atoms with Gasteiger partial charge in [0.2, 0.25) is 0 Å². The molecule has 0 radical (unpaired) electrons. The van der Waals surface area contributed by atoms with Crippen LogP contribution < -0.4 is 5.73 Å². The van der Waals surface area contributed by atoms with E-state index in [-0.39, 0.29) is 18.1 Å². The maximum Gasteiger partial charge on any atom is 0.346 e. The van der Waals surface area contributed by atoms with Crippen molar-refractivity contribution in [2.75, 3.05) is 0 Å². The third kappa shape index (κ3) is 2.05. The molecule has 0 saturated heterocycles. The number of carbonyl (C=O) groups is 1. The van der Waals surface area contributed by atoms with Gasteiger partial charge in [-0.3, -0.25) is 0 Å². The summed E-state index contributed by atoms with van der Waals surface area (Å²) < 4.78 is 0. The third-order valence-electron chi connectivity index (χ3n) is 2.37. The fourth-order valence-electron chi connectivity index (χ4n) is 1.78. The summed E-state index contributed by atoms with van der Waals surface area (Å²) in [4.78, 5) is 17.0. The van der Waals surface area contributed by atoms with Crippen molar-refractivity contribution < 1.29 is 4.79 Å². The van der Waals surface area contributed by atoms with Gasteiger partial charge in [-0.1, -0.05) is 13.8 Å². The van der Waals surface area contributed by atoms with Crippen molar-refractivity contribution in [3.8, 4) is 0 Å². The van der Waals surface area contributed by atoms with Gasteiger partial charge in [0.25, 0.3) is 0 Å². The lowest BCUT2D eigenvalue weighted by Gasteiger charge is -2.28. The minimum absolute atomic E-state index is 0.00231. The molecule has 1 atom stereocenters. The Hall–Kier alpha value is -1.06. The van der Waals surface area contributed by atoms with Gasteiger partial charge >= 0.3 is 6.03 Å². The van der Waals surface area contributed by atoms with Gasteiger partial charge in [-0.15, -0.1) is 0 Å². The maximum absolute atomic E-state index is 11.5. The lowest BCUT2D eigenvalue weighted by Crippen LogP contribution is -2.45. The zero-order valence-corrected chi connectivity index (χ0v) is 9.32. The van der Waals surface area contributed by atoms with Crippen molar-refractivity contribution in [3.05, 3.63) is 0 Å². The zero-order chi connectivity index (χ0) is 10.9. The summed E-state index contributed by atoms with van der Waals surface area (Å²) in [6, 6.07) is -0.0262. The molecule has 0 fully saturated rings. The van der Waals surface area contributed by atoms with E-state index in [4.69, 9.17) is 5.73 Å². The van der Waals surface area contributed by atoms with Crippen LogP contribution in [0.15, 0.2) is 4.99 Å². The average Bonchev–Trinajstić information content (AvgIpc) is 2.25. The van der Waals surface area contributed by atoms with E-state index >= 15 is 0 Å². The Labute approximate surface area is 85.2 Å². The average molecular weight is 197 g/mol. The van der Waals surface area contributed by atoms with Crippen LogP contribution in [0.1, 0.15) is 34.1 Å². The number of urea groups is 1. The van der Waals surface area contributed by atoms with E-state index in [1.54, 1.807) is 4.90 Å². The molecule has 0 aromatic carbocycles. The van der Waals surface area contributed by atoms with Crippen LogP contribution in [-0.4, -0.2) is 28.9 Å². The first-order valence-electron chi connectivity index (χ1n) is 5.09. The molecule has 2 N–H and O–H groups in total. The minimum atomic E-state index is -0.192. The Kier molecular flexibility index (Phi) is 3.13. The van der Waals surface area contributed by atoms with E-state index in [0.717, 1.165) is 6.42 Å². The quantitative estimate of drug-likeness (QED) is 0.747. The molecule has 1 aliphatic heterocycles. The van der Waals surface area contributed by atoms with E-state index in [0.29, 0.717) is 11.8 Å². The molecule has 0 spiro atoms. The summed E-state index contributed by atoms with van der Waals surface area (Å²) in [5, 5.41) is 0. The molecule has 4 nitrogen and oxygen atoms in total. The molecule has 0 aliphatic carbocycles. The first-order chi connectivity index (χ1) is 6.43. The fourth-order valence-corrected chi connectivity index (χ4v) is 1.78. The van der Waals surface area contributed by atoms with Crippen LogP contribution in [0.5, 0.6) is 0 Å². The van der Waals surface area contributed by atoms with Gasteiger partial charge in [-0.05, 0) is 26.2 Å². The van der Waals surface area contributed by atoms with Crippen LogP contribution in [0, 0.1) is 5.92 Å². The summed E-state index contributed by atoms with van der Waals surface area (Å²) in [6.07, 6.45) is 0.888. The summed E-state index contributed by atoms with van der Waals surface area (Å²) in [5.74, 6) is 0.985. The lowest BCUT2D eigenvalue weighted by atomic mass is 10.0. The second-order valence-electron chi connectivity index (χ2n) is 4.47. The van der Waals surface area contributed by atoms with Crippen LogP contribution in [0.4, 0.5) is 4.79 Å². The van der Waals surface area contributed by atoms with Crippen LogP contribution in [0.2, 0.25) is 0 Å². The number of aliphatic imine (C=N–C) groups is 1. The highest BCUT2D eigenvalue weighted by molar-refractivity contribution is 6.02. The Morgan fingerprint density at radius 2 is 2.00 bits per heavy atom. The largest absolute Gasteiger partial charge is 0.385 e. The molecule has 1 unspecified atom stereocenters. The van der Waals surface area contributed by atoms with Gasteiger partial charge in [0, 0.05) is 6.04 Å². The van der Waals surface area contributed by atoms with E-state index < -0.39 is 0 Å². The second kappa shape index (κ2) is 3.98. The highest BCUT2D eigenvalue weighted by atomic mass is 16.2. The van der Waals surface area contributed by atoms with Gasteiger partial charge in [-0.2, -0.15) is 4.99 Å². The summed E-state index contributed by atoms with van der Waals surface area (Å²) in [5.41, 5.74) is 5.73. The van der Waals surface area contributed by atoms with Crippen LogP contribution in [0.25, 0.3) is 0 Å². The molecule has 4 heteroatoms. The lowest BCUT2D eigenvalue weighted by molar-refractivity contribution is 0.183. The Balaban J connectivity index is 2.79. The smallest absolute Gasteiger partial charge is 0.346 e. The molecule has 1 rings (SSSR count). The normalized spacial score (nSPS) is 22.4. The van der Waals surface area contributed by atoms with E-state index in [1.807, 2.05) is 13.8 Å². The molecular formula is C10H19N3O. The Morgan fingerprint density at radius 3 is 2.43 bits per heavy atom. The number of nitrogens with two attached hydrogens (primary N) is 1. The monoisotopic (exact) mass is 197 g/mol. The summed E-state index contributed by atoms with van der Waals surface area (Å²) in [7, 11) is 0. The van der Waals surface area contributed by atoms with Crippen molar-refractivity contribution in [3.63, 3.8) is 0 Å². The molecule has 0 aromatic heterocycles. The molecule has 2 amide bonds. The van der Waals surface area contributed by atoms with Crippen molar-refractivity contribution in [2.24, 2.45) is 16.6 Å². The molecule has 0 bridgehead atoms. The molecule has 80 valence electrons. The van der Waals surface area contributed by atoms with Crippen molar-refractivity contribution in [2.45, 2.75) is 46.2 Å². The molecule has 1 heterocycles. The number of amides is 2. The van der Waals surface area contributed by atoms with E-state index in [1.165, 1.54) is 0 Å². The molecule has 1 aliphatic rings. The standard InChI is InChI=1S/C10H19N3O/c1-6(2)5-8-9(11)12-10(14)13(8)7(3)4/h6-8H,5H2,1-4H3,(H2,11,12,14). The van der Waals surface area contributed by atoms with Crippen molar-refractivity contribution in [1.82, 2.24) is 4.90 Å². The van der Waals surface area contributed by atoms with Gasteiger partial charge in [0.15, 0.2) is 0 Å². The molecular weight excluding hydrogens is 178 g/mol. The molecule has 0 aromatic rings. The zero-order valence-electron chi connectivity index (χ0n) is 9.32. The number of nitrogens with zero attached hydrogens (tertiary/aromatic N) is 2. The number of hydrogen-bond donors (Lipinski definition) is 1. The topological polar surface area (TPSA) is 58.7 Å². The van der Waals surface area contributed by atoms with Crippen molar-refractivity contribution >= 4 is 11.9 Å². The number of carbonyl (C=O) groups excluding carboxylic acids is 1. The number of amidine groups is 1. The minimum Gasteiger partial charge on any atom is -0.385 e. The van der Waals surface area contributed by atoms with Gasteiger partial charge in [0.1, 0.15) is 5.84 Å². The highest BCUT2D eigenvalue weighted by Gasteiger charge is 2.34. The molecule has 14 heavy (non-hydrogen) atoms. The van der Waals surface area contributed by atoms with Crippen LogP contribution in [0.3, 0.4) is 0 Å². The molecule has 0 saturated carbocycles. The van der Waals surface area contributed by atoms with Gasteiger partial charge in [-0.25, -0.2) is 4.79 Å². The highest BCUT2D eigenvalue weighted by Crippen LogP contribution is 2.20. The van der Waals surface area contributed by atoms with Gasteiger partial charge < -0.3 is 10.6 Å². The maximum atomic E-state index is 11.5. The Morgan fingerprint density at radius 1 is 1.43 bits per heavy atom. The summed E-state index contributed by atoms with van der Waals surface area (Å²) >= 11 is 0. The van der Waals surface area contributed by atoms with Crippen molar-refractivity contribution in [1.29, 1.82) is 0 Å². The Bertz CT molecular complexity index is 258. The first kappa shape index (κ1) is 11.0. The van der Waals surface area contributed by atoms with E-state index in [9.17, 15) is 4.79 Å². The third-order valence-corrected chi connectivity index (χ3v) is 2.37. The first-order valence-corrected chi connectivity index (χ1v) is 5.09. The predicted octanol–water partition coefficient (Wildman–Crippen LogP) is 1.60. The van der Waals surface area contributed by atoms with Gasteiger partial charge in [0.05, 0.1) is 6.04 Å². The fraction of sp³-hybridized carbons (Fsp3) is 0.800. The predicted molar refractivity (Wildman–Crippen MR) is 57.2 cm³/mol. The van der Waals surface area contributed by atoms with E-state index in [2.05, 4.69) is 18.8 Å². The number of hydrogen-bond acceptors (Lipinski definition) is 2. The van der Waals surface area contributed by atoms with Crippen LogP contribution >= 0.6 is 0 Å². The van der Waals surface area contributed by atoms with Crippen LogP contribution in [-0.2, 0) is 0 Å². The summed E-state index contributed by atoms with van der Waals surface area (Å²) in [6.45, 7) is 8.21.